The van der Waals surface area contributed by atoms with Crippen molar-refractivity contribution in [2.45, 2.75) is 0 Å². The van der Waals surface area contributed by atoms with Gasteiger partial charge in [0, 0.05) is 50.4 Å². The summed E-state index contributed by atoms with van der Waals surface area (Å²) in [7, 11) is 0. The van der Waals surface area contributed by atoms with Crippen molar-refractivity contribution in [1.82, 2.24) is 4.57 Å². The maximum atomic E-state index is 9.48. The molecule has 0 saturated carbocycles. The quantitative estimate of drug-likeness (QED) is 0.179. The topological polar surface area (TPSA) is 45.1 Å². The standard InChI is InChI=1S/C45H27N3O/c46-28-29-13-18-33(19-14-29)47(35-22-24-38-37-10-4-5-12-42(37)49-43(38)27-35)34-20-15-30(16-21-34)36-25-26-41-45-39(36)23-17-31-7-6-11-40(44(31)45)48(41)32-8-2-1-3-9-32/h1-27H. The number of aromatic nitrogens is 1. The lowest BCUT2D eigenvalue weighted by Crippen LogP contribution is -2.09. The summed E-state index contributed by atoms with van der Waals surface area (Å²) in [5.74, 6) is 0. The maximum Gasteiger partial charge on any atom is 0.137 e. The molecule has 10 rings (SSSR count). The van der Waals surface area contributed by atoms with E-state index in [2.05, 4.69) is 137 Å². The first-order chi connectivity index (χ1) is 24.2. The molecule has 0 radical (unpaired) electrons. The molecule has 4 nitrogen and oxygen atoms in total. The molecule has 10 aromatic rings. The Morgan fingerprint density at radius 2 is 1.20 bits per heavy atom. The summed E-state index contributed by atoms with van der Waals surface area (Å²) in [5, 5.41) is 16.7. The third-order valence-corrected chi connectivity index (χ3v) is 9.79. The summed E-state index contributed by atoms with van der Waals surface area (Å²) in [4.78, 5) is 2.21. The van der Waals surface area contributed by atoms with Crippen LogP contribution in [0.5, 0.6) is 0 Å². The Kier molecular flexibility index (Phi) is 5.90. The summed E-state index contributed by atoms with van der Waals surface area (Å²) in [6, 6.07) is 59.5. The number of anilines is 3. The Morgan fingerprint density at radius 1 is 0.510 bits per heavy atom. The van der Waals surface area contributed by atoms with Gasteiger partial charge in [-0.05, 0) is 101 Å². The van der Waals surface area contributed by atoms with Gasteiger partial charge < -0.3 is 13.9 Å². The SMILES string of the molecule is N#Cc1ccc(N(c2ccc(-c3ccc4c5c3ccc3cccc(c35)n4-c3ccccc3)cc2)c2ccc3c(c2)oc2ccccc23)cc1. The first-order valence-corrected chi connectivity index (χ1v) is 16.4. The Hall–Kier alpha value is -6.83. The Balaban J connectivity index is 1.12. The fourth-order valence-corrected chi connectivity index (χ4v) is 7.57. The number of benzene rings is 8. The monoisotopic (exact) mass is 625 g/mol. The van der Waals surface area contributed by atoms with Crippen molar-refractivity contribution < 1.29 is 4.42 Å². The second-order valence-electron chi connectivity index (χ2n) is 12.5. The van der Waals surface area contributed by atoms with Crippen LogP contribution in [0, 0.1) is 11.3 Å². The minimum Gasteiger partial charge on any atom is -0.456 e. The minimum absolute atomic E-state index is 0.626. The molecule has 0 aliphatic rings. The zero-order valence-corrected chi connectivity index (χ0v) is 26.3. The summed E-state index contributed by atoms with van der Waals surface area (Å²) < 4.78 is 8.66. The number of nitriles is 1. The molecule has 2 aromatic heterocycles. The molecule has 0 aliphatic carbocycles. The van der Waals surface area contributed by atoms with E-state index in [0.29, 0.717) is 5.56 Å². The number of nitrogens with zero attached hydrogens (tertiary/aromatic N) is 3. The lowest BCUT2D eigenvalue weighted by Gasteiger charge is -2.25. The normalized spacial score (nSPS) is 11.7. The number of hydrogen-bond acceptors (Lipinski definition) is 3. The van der Waals surface area contributed by atoms with Crippen LogP contribution in [-0.4, -0.2) is 4.57 Å². The second-order valence-corrected chi connectivity index (χ2v) is 12.5. The van der Waals surface area contributed by atoms with Gasteiger partial charge in [-0.2, -0.15) is 5.26 Å². The van der Waals surface area contributed by atoms with Crippen LogP contribution in [0.3, 0.4) is 0 Å². The molecule has 2 heterocycles. The molecule has 0 spiro atoms. The van der Waals surface area contributed by atoms with Crippen LogP contribution in [0.25, 0.3) is 71.3 Å². The second kappa shape index (κ2) is 10.6. The number of rotatable bonds is 5. The van der Waals surface area contributed by atoms with E-state index in [4.69, 9.17) is 4.42 Å². The average Bonchev–Trinajstić information content (AvgIpc) is 3.71. The van der Waals surface area contributed by atoms with Gasteiger partial charge in [0.15, 0.2) is 0 Å². The molecule has 49 heavy (non-hydrogen) atoms. The average molecular weight is 626 g/mol. The highest BCUT2D eigenvalue weighted by atomic mass is 16.3. The van der Waals surface area contributed by atoms with E-state index in [-0.39, 0.29) is 0 Å². The molecule has 0 atom stereocenters. The highest BCUT2D eigenvalue weighted by molar-refractivity contribution is 6.26. The molecule has 0 fully saturated rings. The van der Waals surface area contributed by atoms with Crippen LogP contribution in [0.1, 0.15) is 5.56 Å². The largest absolute Gasteiger partial charge is 0.456 e. The van der Waals surface area contributed by atoms with Crippen LogP contribution < -0.4 is 4.90 Å². The van der Waals surface area contributed by atoms with E-state index in [0.717, 1.165) is 50.3 Å². The summed E-state index contributed by atoms with van der Waals surface area (Å²) >= 11 is 0. The van der Waals surface area contributed by atoms with E-state index in [1.807, 2.05) is 42.5 Å². The fraction of sp³-hybridized carbons (Fsp3) is 0. The Labute approximate surface area is 282 Å². The molecule has 0 unspecified atom stereocenters. The first kappa shape index (κ1) is 27.3. The van der Waals surface area contributed by atoms with Crippen molar-refractivity contribution in [3.63, 3.8) is 0 Å². The number of fused-ring (bicyclic) bond motifs is 3. The summed E-state index contributed by atoms with van der Waals surface area (Å²) in [6.07, 6.45) is 0. The van der Waals surface area contributed by atoms with E-state index < -0.39 is 0 Å². The van der Waals surface area contributed by atoms with Gasteiger partial charge in [0.05, 0.1) is 22.7 Å². The predicted molar refractivity (Wildman–Crippen MR) is 202 cm³/mol. The predicted octanol–water partition coefficient (Wildman–Crippen LogP) is 12.3. The molecule has 8 aromatic carbocycles. The maximum absolute atomic E-state index is 9.48. The summed E-state index contributed by atoms with van der Waals surface area (Å²) in [6.45, 7) is 0. The van der Waals surface area contributed by atoms with Gasteiger partial charge >= 0.3 is 0 Å². The zero-order chi connectivity index (χ0) is 32.5. The van der Waals surface area contributed by atoms with Crippen molar-refractivity contribution >= 4 is 71.6 Å². The Bertz CT molecular complexity index is 2870. The molecule has 0 bridgehead atoms. The van der Waals surface area contributed by atoms with Crippen LogP contribution >= 0.6 is 0 Å². The van der Waals surface area contributed by atoms with Crippen molar-refractivity contribution in [2.24, 2.45) is 0 Å². The smallest absolute Gasteiger partial charge is 0.137 e. The number of furan rings is 1. The number of para-hydroxylation sites is 2. The van der Waals surface area contributed by atoms with Gasteiger partial charge in [0.1, 0.15) is 11.2 Å². The molecule has 4 heteroatoms. The minimum atomic E-state index is 0.626. The van der Waals surface area contributed by atoms with Gasteiger partial charge in [0.2, 0.25) is 0 Å². The van der Waals surface area contributed by atoms with Crippen LogP contribution in [-0.2, 0) is 0 Å². The van der Waals surface area contributed by atoms with Crippen LogP contribution in [0.2, 0.25) is 0 Å². The molecule has 0 amide bonds. The third-order valence-electron chi connectivity index (χ3n) is 9.79. The van der Waals surface area contributed by atoms with Crippen molar-refractivity contribution in [3.8, 4) is 22.9 Å². The van der Waals surface area contributed by atoms with Crippen molar-refractivity contribution in [1.29, 1.82) is 5.26 Å². The van der Waals surface area contributed by atoms with Gasteiger partial charge in [0.25, 0.3) is 0 Å². The number of hydrogen-bond donors (Lipinski definition) is 0. The van der Waals surface area contributed by atoms with Gasteiger partial charge in [-0.1, -0.05) is 78.9 Å². The molecule has 0 saturated heterocycles. The van der Waals surface area contributed by atoms with E-state index in [9.17, 15) is 5.26 Å². The first-order valence-electron chi connectivity index (χ1n) is 16.4. The highest BCUT2D eigenvalue weighted by Crippen LogP contribution is 2.44. The Morgan fingerprint density at radius 3 is 2.02 bits per heavy atom. The third kappa shape index (κ3) is 4.16. The van der Waals surface area contributed by atoms with E-state index in [1.54, 1.807) is 0 Å². The van der Waals surface area contributed by atoms with E-state index in [1.165, 1.54) is 38.1 Å². The molecule has 0 aliphatic heterocycles. The van der Waals surface area contributed by atoms with Crippen LogP contribution in [0.15, 0.2) is 168 Å². The fourth-order valence-electron chi connectivity index (χ4n) is 7.57. The molecule has 0 N–H and O–H groups in total. The molecular formula is C45H27N3O. The van der Waals surface area contributed by atoms with Crippen molar-refractivity contribution in [3.05, 3.63) is 169 Å². The molecular weight excluding hydrogens is 599 g/mol. The van der Waals surface area contributed by atoms with Gasteiger partial charge in [-0.3, -0.25) is 0 Å². The lowest BCUT2D eigenvalue weighted by molar-refractivity contribution is 0.669. The highest BCUT2D eigenvalue weighted by Gasteiger charge is 2.20. The summed E-state index contributed by atoms with van der Waals surface area (Å²) in [5.41, 5.74) is 11.2. The molecule has 228 valence electrons. The van der Waals surface area contributed by atoms with Gasteiger partial charge in [-0.25, -0.2) is 0 Å². The zero-order valence-electron chi connectivity index (χ0n) is 26.3. The van der Waals surface area contributed by atoms with Gasteiger partial charge in [-0.15, -0.1) is 0 Å². The van der Waals surface area contributed by atoms with E-state index >= 15 is 0 Å². The van der Waals surface area contributed by atoms with Crippen LogP contribution in [0.4, 0.5) is 17.1 Å². The van der Waals surface area contributed by atoms with Crippen molar-refractivity contribution in [2.75, 3.05) is 4.90 Å². The lowest BCUT2D eigenvalue weighted by atomic mass is 9.94.